The minimum atomic E-state index is -0.397. The maximum Gasteiger partial charge on any atom is 0.251 e. The fraction of sp³-hybridized carbons (Fsp3) is 0.904. The third-order valence-corrected chi connectivity index (χ3v) is 17.6. The predicted molar refractivity (Wildman–Crippen MR) is 358 cm³/mol. The Hall–Kier alpha value is -1.79. The number of ether oxygens (including phenoxy) is 1. The smallest absolute Gasteiger partial charge is 0.251 e. The molecule has 1 aromatic carbocycles. The van der Waals surface area contributed by atoms with Gasteiger partial charge in [-0.3, -0.25) is 14.6 Å². The topological polar surface area (TPSA) is 129 Å². The number of hydrogen-bond acceptors (Lipinski definition) is 9. The highest BCUT2D eigenvalue weighted by Gasteiger charge is 2.19. The zero-order chi connectivity index (χ0) is 60.3. The molecule has 0 heterocycles. The number of benzene rings is 1. The SMILES string of the molecule is CCCCCCCCCCCCC(O)CN(CCCN(CCCNC(=O)c1ccc(OC)cc1)CCCN(CC(O)CCCCCCCCCCCC)CC(O)CCCCCCCCCCCC)CC(O)CCCCCCCCCCCC. The molecule has 10 heteroatoms. The van der Waals surface area contributed by atoms with Crippen molar-refractivity contribution >= 4 is 5.91 Å². The summed E-state index contributed by atoms with van der Waals surface area (Å²) >= 11 is 0. The van der Waals surface area contributed by atoms with E-state index in [-0.39, 0.29) is 5.91 Å². The second-order valence-corrected chi connectivity index (χ2v) is 25.9. The van der Waals surface area contributed by atoms with Gasteiger partial charge in [-0.1, -0.05) is 285 Å². The summed E-state index contributed by atoms with van der Waals surface area (Å²) < 4.78 is 5.31. The Labute approximate surface area is 515 Å². The van der Waals surface area contributed by atoms with Gasteiger partial charge in [-0.15, -0.1) is 0 Å². The number of hydrogen-bond donors (Lipinski definition) is 5. The van der Waals surface area contributed by atoms with Gasteiger partial charge in [0.15, 0.2) is 0 Å². The fourth-order valence-electron chi connectivity index (χ4n) is 12.3. The van der Waals surface area contributed by atoms with Crippen LogP contribution < -0.4 is 10.1 Å². The van der Waals surface area contributed by atoms with Crippen molar-refractivity contribution in [1.82, 2.24) is 20.0 Å². The van der Waals surface area contributed by atoms with E-state index in [4.69, 9.17) is 4.74 Å². The lowest BCUT2D eigenvalue weighted by molar-refractivity contribution is 0.0560. The van der Waals surface area contributed by atoms with Crippen molar-refractivity contribution in [2.75, 3.05) is 72.6 Å². The van der Waals surface area contributed by atoms with Crippen LogP contribution in [-0.4, -0.2) is 138 Å². The molecule has 10 nitrogen and oxygen atoms in total. The Balaban J connectivity index is 3.05. The lowest BCUT2D eigenvalue weighted by Gasteiger charge is -2.30. The third kappa shape index (κ3) is 51.9. The molecule has 0 aromatic heterocycles. The summed E-state index contributed by atoms with van der Waals surface area (Å²) in [4.78, 5) is 20.4. The molecule has 83 heavy (non-hydrogen) atoms. The maximum absolute atomic E-state index is 13.1. The van der Waals surface area contributed by atoms with Crippen molar-refractivity contribution < 1.29 is 30.0 Å². The lowest BCUT2D eigenvalue weighted by atomic mass is 10.0. The Morgan fingerprint density at radius 2 is 0.590 bits per heavy atom. The van der Waals surface area contributed by atoms with Crippen molar-refractivity contribution in [3.05, 3.63) is 29.8 Å². The van der Waals surface area contributed by atoms with Crippen molar-refractivity contribution in [1.29, 1.82) is 0 Å². The van der Waals surface area contributed by atoms with Crippen molar-refractivity contribution in [2.45, 2.75) is 354 Å². The van der Waals surface area contributed by atoms with Crippen LogP contribution in [0, 0.1) is 0 Å². The van der Waals surface area contributed by atoms with E-state index in [1.54, 1.807) is 7.11 Å². The first kappa shape index (κ1) is 79.2. The summed E-state index contributed by atoms with van der Waals surface area (Å²) in [6.45, 7) is 16.3. The fourth-order valence-corrected chi connectivity index (χ4v) is 12.3. The molecule has 0 saturated carbocycles. The number of amides is 1. The molecule has 5 N–H and O–H groups in total. The van der Waals surface area contributed by atoms with Gasteiger partial charge in [0.1, 0.15) is 5.75 Å². The summed E-state index contributed by atoms with van der Waals surface area (Å²) in [6, 6.07) is 7.27. The van der Waals surface area contributed by atoms with Gasteiger partial charge in [0.25, 0.3) is 5.91 Å². The van der Waals surface area contributed by atoms with E-state index < -0.39 is 24.4 Å². The quantitative estimate of drug-likeness (QED) is 0.0405. The summed E-state index contributed by atoms with van der Waals surface area (Å²) in [6.07, 6.45) is 55.7. The Bertz CT molecular complexity index is 1330. The molecule has 0 spiro atoms. The second-order valence-electron chi connectivity index (χ2n) is 25.9. The molecule has 0 aliphatic heterocycles. The van der Waals surface area contributed by atoms with Crippen molar-refractivity contribution in [3.63, 3.8) is 0 Å². The first-order valence-corrected chi connectivity index (χ1v) is 36.5. The molecule has 490 valence electrons. The van der Waals surface area contributed by atoms with E-state index >= 15 is 0 Å². The second kappa shape index (κ2) is 60.5. The number of aliphatic hydroxyl groups is 4. The van der Waals surface area contributed by atoms with Gasteiger partial charge >= 0.3 is 0 Å². The highest BCUT2D eigenvalue weighted by Crippen LogP contribution is 2.19. The maximum atomic E-state index is 13.1. The van der Waals surface area contributed by atoms with E-state index in [0.717, 1.165) is 109 Å². The molecule has 0 radical (unpaired) electrons. The number of aliphatic hydroxyl groups excluding tert-OH is 4. The molecule has 0 saturated heterocycles. The highest BCUT2D eigenvalue weighted by molar-refractivity contribution is 5.94. The number of carbonyl (C=O) groups excluding carboxylic acids is 1. The normalized spacial score (nSPS) is 13.4. The van der Waals surface area contributed by atoms with Crippen LogP contribution in [0.15, 0.2) is 24.3 Å². The van der Waals surface area contributed by atoms with Crippen LogP contribution in [0.1, 0.15) is 340 Å². The van der Waals surface area contributed by atoms with Gasteiger partial charge in [0.05, 0.1) is 31.5 Å². The molecular weight excluding hydrogens is 1030 g/mol. The highest BCUT2D eigenvalue weighted by atomic mass is 16.5. The first-order chi connectivity index (χ1) is 40.6. The van der Waals surface area contributed by atoms with E-state index in [0.29, 0.717) is 38.3 Å². The molecule has 1 aromatic rings. The summed E-state index contributed by atoms with van der Waals surface area (Å²) in [5.41, 5.74) is 0.624. The van der Waals surface area contributed by atoms with Crippen molar-refractivity contribution in [2.24, 2.45) is 0 Å². The van der Waals surface area contributed by atoms with E-state index in [1.165, 1.54) is 231 Å². The average Bonchev–Trinajstić information content (AvgIpc) is 3.51. The molecule has 4 unspecified atom stereocenters. The summed E-state index contributed by atoms with van der Waals surface area (Å²) in [5.74, 6) is 0.652. The largest absolute Gasteiger partial charge is 0.497 e. The van der Waals surface area contributed by atoms with Crippen LogP contribution in [0.4, 0.5) is 0 Å². The van der Waals surface area contributed by atoms with E-state index in [9.17, 15) is 25.2 Å². The van der Waals surface area contributed by atoms with Gasteiger partial charge in [-0.2, -0.15) is 0 Å². The molecule has 1 rings (SSSR count). The van der Waals surface area contributed by atoms with Gasteiger partial charge < -0.3 is 35.4 Å². The number of carbonyl (C=O) groups is 1. The average molecular weight is 1170 g/mol. The van der Waals surface area contributed by atoms with Crippen LogP contribution in [0.5, 0.6) is 5.75 Å². The molecule has 0 fully saturated rings. The molecule has 0 bridgehead atoms. The number of unbranched alkanes of at least 4 members (excludes halogenated alkanes) is 36. The van der Waals surface area contributed by atoms with Crippen LogP contribution in [-0.2, 0) is 0 Å². The van der Waals surface area contributed by atoms with Crippen LogP contribution >= 0.6 is 0 Å². The van der Waals surface area contributed by atoms with Crippen LogP contribution in [0.25, 0.3) is 0 Å². The van der Waals surface area contributed by atoms with Gasteiger partial charge in [0.2, 0.25) is 0 Å². The van der Waals surface area contributed by atoms with Gasteiger partial charge in [-0.05, 0) is 102 Å². The standard InChI is InChI=1S/C73H142N4O6/c1-6-10-14-18-22-26-30-34-38-42-49-68(78)63-76(64-69(79)50-43-39-35-31-27-23-19-15-11-7-2)61-47-59-75(58-46-57-74-73(82)67-53-55-72(83-5)56-54-67)60-48-62-77(65-70(80)51-44-40-36-32-28-24-20-16-12-8-3)66-71(81)52-45-41-37-33-29-25-21-17-13-9-4/h53-56,68-71,78-81H,6-52,57-66H2,1-5H3,(H,74,82). The third-order valence-electron chi connectivity index (χ3n) is 17.6. The Morgan fingerprint density at radius 1 is 0.349 bits per heavy atom. The zero-order valence-electron chi connectivity index (χ0n) is 55.9. The monoisotopic (exact) mass is 1170 g/mol. The zero-order valence-corrected chi connectivity index (χ0v) is 55.9. The first-order valence-electron chi connectivity index (χ1n) is 36.5. The van der Waals surface area contributed by atoms with Crippen LogP contribution in [0.3, 0.4) is 0 Å². The lowest BCUT2D eigenvalue weighted by Crippen LogP contribution is -2.41. The molecule has 1 amide bonds. The van der Waals surface area contributed by atoms with E-state index in [1.807, 2.05) is 24.3 Å². The molecule has 0 aliphatic carbocycles. The summed E-state index contributed by atoms with van der Waals surface area (Å²) in [5, 5.41) is 48.9. The molecule has 0 aliphatic rings. The summed E-state index contributed by atoms with van der Waals surface area (Å²) in [7, 11) is 1.63. The molecular formula is C73H142N4O6. The van der Waals surface area contributed by atoms with Crippen molar-refractivity contribution in [3.8, 4) is 5.75 Å². The minimum Gasteiger partial charge on any atom is -0.497 e. The number of nitrogens with one attached hydrogen (secondary N) is 1. The number of rotatable bonds is 66. The van der Waals surface area contributed by atoms with Gasteiger partial charge in [0, 0.05) is 38.3 Å². The molecule has 4 atom stereocenters. The van der Waals surface area contributed by atoms with E-state index in [2.05, 4.69) is 47.7 Å². The predicted octanol–water partition coefficient (Wildman–Crippen LogP) is 18.2. The van der Waals surface area contributed by atoms with Gasteiger partial charge in [-0.25, -0.2) is 0 Å². The minimum absolute atomic E-state index is 0.0778. The number of nitrogens with zero attached hydrogens (tertiary/aromatic N) is 3. The Morgan fingerprint density at radius 3 is 0.855 bits per heavy atom. The number of methoxy groups -OCH3 is 1. The van der Waals surface area contributed by atoms with Crippen LogP contribution in [0.2, 0.25) is 0 Å². The Kier molecular flexibility index (Phi) is 57.7.